The Bertz CT molecular complexity index is 776. The van der Waals surface area contributed by atoms with Gasteiger partial charge in [-0.1, -0.05) is 24.3 Å². The van der Waals surface area contributed by atoms with Crippen LogP contribution < -0.4 is 9.47 Å². The van der Waals surface area contributed by atoms with Gasteiger partial charge in [-0.2, -0.15) is 0 Å². The molecule has 1 amide bonds. The van der Waals surface area contributed by atoms with Crippen LogP contribution in [0, 0.1) is 5.82 Å². The first kappa shape index (κ1) is 20.1. The maximum Gasteiger partial charge on any atom is 0.222 e. The number of halogens is 1. The second-order valence-electron chi connectivity index (χ2n) is 6.85. The molecular formula is C22H27FN2O3. The number of methoxy groups -OCH3 is 1. The number of para-hydroxylation sites is 1. The van der Waals surface area contributed by atoms with E-state index >= 15 is 0 Å². The molecule has 3 rings (SSSR count). The van der Waals surface area contributed by atoms with Gasteiger partial charge < -0.3 is 14.4 Å². The van der Waals surface area contributed by atoms with Gasteiger partial charge in [0.25, 0.3) is 0 Å². The van der Waals surface area contributed by atoms with Crippen LogP contribution in [0.4, 0.5) is 4.39 Å². The topological polar surface area (TPSA) is 42.0 Å². The Morgan fingerprint density at radius 1 is 1.07 bits per heavy atom. The third-order valence-electron chi connectivity index (χ3n) is 4.99. The number of hydrogen-bond donors (Lipinski definition) is 0. The van der Waals surface area contributed by atoms with Gasteiger partial charge in [0.2, 0.25) is 5.91 Å². The molecule has 1 aliphatic rings. The largest absolute Gasteiger partial charge is 0.497 e. The number of carbonyl (C=O) groups is 1. The number of ether oxygens (including phenoxy) is 2. The van der Waals surface area contributed by atoms with Crippen molar-refractivity contribution in [2.45, 2.75) is 12.8 Å². The third-order valence-corrected chi connectivity index (χ3v) is 4.99. The second kappa shape index (κ2) is 10.1. The van der Waals surface area contributed by atoms with Crippen molar-refractivity contribution in [2.75, 3.05) is 46.4 Å². The summed E-state index contributed by atoms with van der Waals surface area (Å²) in [7, 11) is 1.64. The van der Waals surface area contributed by atoms with Crippen LogP contribution in [0.25, 0.3) is 0 Å². The molecule has 0 N–H and O–H groups in total. The number of piperazine rings is 1. The summed E-state index contributed by atoms with van der Waals surface area (Å²) in [5.74, 6) is 0.948. The summed E-state index contributed by atoms with van der Waals surface area (Å²) in [6.07, 6.45) is 1.22. The standard InChI is InChI=1S/C22H27FN2O3/c1-27-19-6-4-5-18(17-19)9-10-22(26)25-13-11-24(12-14-25)15-16-28-21-8-3-2-7-20(21)23/h2-8,17H,9-16H2,1H3. The monoisotopic (exact) mass is 386 g/mol. The minimum absolute atomic E-state index is 0.185. The Labute approximate surface area is 165 Å². The van der Waals surface area contributed by atoms with Crippen molar-refractivity contribution >= 4 is 5.91 Å². The van der Waals surface area contributed by atoms with E-state index in [1.54, 1.807) is 25.3 Å². The first-order valence-corrected chi connectivity index (χ1v) is 9.66. The zero-order valence-corrected chi connectivity index (χ0v) is 16.3. The summed E-state index contributed by atoms with van der Waals surface area (Å²) in [6.45, 7) is 4.22. The predicted molar refractivity (Wildman–Crippen MR) is 106 cm³/mol. The highest BCUT2D eigenvalue weighted by molar-refractivity contribution is 5.76. The Kier molecular flexibility index (Phi) is 7.25. The zero-order valence-electron chi connectivity index (χ0n) is 16.3. The highest BCUT2D eigenvalue weighted by Crippen LogP contribution is 2.16. The Morgan fingerprint density at radius 3 is 2.61 bits per heavy atom. The SMILES string of the molecule is COc1cccc(CCC(=O)N2CCN(CCOc3ccccc3F)CC2)c1. The van der Waals surface area contributed by atoms with Gasteiger partial charge in [-0.25, -0.2) is 4.39 Å². The van der Waals surface area contributed by atoms with Gasteiger partial charge in [0.15, 0.2) is 11.6 Å². The average Bonchev–Trinajstić information content (AvgIpc) is 2.74. The molecule has 150 valence electrons. The number of carbonyl (C=O) groups excluding carboxylic acids is 1. The summed E-state index contributed by atoms with van der Waals surface area (Å²) < 4.78 is 24.3. The molecule has 0 atom stereocenters. The lowest BCUT2D eigenvalue weighted by atomic mass is 10.1. The summed E-state index contributed by atoms with van der Waals surface area (Å²) in [5, 5.41) is 0. The number of nitrogens with zero attached hydrogens (tertiary/aromatic N) is 2. The lowest BCUT2D eigenvalue weighted by Crippen LogP contribution is -2.49. The van der Waals surface area contributed by atoms with Crippen molar-refractivity contribution in [3.05, 3.63) is 59.9 Å². The normalized spacial score (nSPS) is 14.7. The van der Waals surface area contributed by atoms with E-state index in [1.807, 2.05) is 29.2 Å². The first-order valence-electron chi connectivity index (χ1n) is 9.66. The van der Waals surface area contributed by atoms with Crippen LogP contribution in [-0.2, 0) is 11.2 Å². The molecule has 0 unspecified atom stereocenters. The van der Waals surface area contributed by atoms with E-state index in [0.29, 0.717) is 19.4 Å². The minimum Gasteiger partial charge on any atom is -0.497 e. The maximum atomic E-state index is 13.5. The van der Waals surface area contributed by atoms with Crippen molar-refractivity contribution in [1.29, 1.82) is 0 Å². The van der Waals surface area contributed by atoms with E-state index in [9.17, 15) is 9.18 Å². The average molecular weight is 386 g/mol. The number of amides is 1. The number of hydrogen-bond acceptors (Lipinski definition) is 4. The van der Waals surface area contributed by atoms with Gasteiger partial charge in [-0.05, 0) is 36.2 Å². The van der Waals surface area contributed by atoms with E-state index < -0.39 is 0 Å². The molecule has 0 aliphatic carbocycles. The fourth-order valence-corrected chi connectivity index (χ4v) is 3.30. The molecule has 0 bridgehead atoms. The van der Waals surface area contributed by atoms with E-state index in [2.05, 4.69) is 4.90 Å². The highest BCUT2D eigenvalue weighted by atomic mass is 19.1. The van der Waals surface area contributed by atoms with Crippen LogP contribution in [0.15, 0.2) is 48.5 Å². The first-order chi connectivity index (χ1) is 13.7. The fraction of sp³-hybridized carbons (Fsp3) is 0.409. The second-order valence-corrected chi connectivity index (χ2v) is 6.85. The molecule has 1 saturated heterocycles. The fourth-order valence-electron chi connectivity index (χ4n) is 3.30. The highest BCUT2D eigenvalue weighted by Gasteiger charge is 2.20. The molecule has 0 aromatic heterocycles. The van der Waals surface area contributed by atoms with E-state index in [1.165, 1.54) is 6.07 Å². The Hall–Kier alpha value is -2.60. The Balaban J connectivity index is 1.36. The molecule has 2 aromatic carbocycles. The van der Waals surface area contributed by atoms with E-state index in [-0.39, 0.29) is 17.5 Å². The van der Waals surface area contributed by atoms with Crippen LogP contribution in [0.5, 0.6) is 11.5 Å². The molecule has 2 aromatic rings. The van der Waals surface area contributed by atoms with Crippen LogP contribution in [-0.4, -0.2) is 62.1 Å². The van der Waals surface area contributed by atoms with E-state index in [4.69, 9.17) is 9.47 Å². The number of aryl methyl sites for hydroxylation is 1. The predicted octanol–water partition coefficient (Wildman–Crippen LogP) is 2.99. The third kappa shape index (κ3) is 5.70. The molecule has 28 heavy (non-hydrogen) atoms. The van der Waals surface area contributed by atoms with Crippen LogP contribution in [0.1, 0.15) is 12.0 Å². The van der Waals surface area contributed by atoms with Gasteiger partial charge in [-0.15, -0.1) is 0 Å². The van der Waals surface area contributed by atoms with Gasteiger partial charge >= 0.3 is 0 Å². The van der Waals surface area contributed by atoms with Crippen molar-refractivity contribution in [2.24, 2.45) is 0 Å². The van der Waals surface area contributed by atoms with Crippen molar-refractivity contribution in [1.82, 2.24) is 9.80 Å². The Morgan fingerprint density at radius 2 is 1.86 bits per heavy atom. The lowest BCUT2D eigenvalue weighted by Gasteiger charge is -2.34. The summed E-state index contributed by atoms with van der Waals surface area (Å²) in [5.41, 5.74) is 1.11. The van der Waals surface area contributed by atoms with E-state index in [0.717, 1.165) is 44.0 Å². The van der Waals surface area contributed by atoms with Gasteiger partial charge in [-0.3, -0.25) is 9.69 Å². The molecule has 1 aliphatic heterocycles. The zero-order chi connectivity index (χ0) is 19.8. The van der Waals surface area contributed by atoms with Crippen molar-refractivity contribution in [3.8, 4) is 11.5 Å². The molecule has 6 heteroatoms. The number of rotatable bonds is 8. The molecular weight excluding hydrogens is 359 g/mol. The van der Waals surface area contributed by atoms with Crippen LogP contribution in [0.3, 0.4) is 0 Å². The molecule has 1 heterocycles. The number of benzene rings is 2. The maximum absolute atomic E-state index is 13.5. The van der Waals surface area contributed by atoms with Gasteiger partial charge in [0.05, 0.1) is 7.11 Å². The minimum atomic E-state index is -0.339. The van der Waals surface area contributed by atoms with Gasteiger partial charge in [0, 0.05) is 39.1 Å². The molecule has 1 fully saturated rings. The quantitative estimate of drug-likeness (QED) is 0.700. The van der Waals surface area contributed by atoms with Crippen LogP contribution >= 0.6 is 0 Å². The smallest absolute Gasteiger partial charge is 0.222 e. The molecule has 0 spiro atoms. The molecule has 0 saturated carbocycles. The molecule has 5 nitrogen and oxygen atoms in total. The summed E-state index contributed by atoms with van der Waals surface area (Å²) in [4.78, 5) is 16.6. The summed E-state index contributed by atoms with van der Waals surface area (Å²) in [6, 6.07) is 14.3. The van der Waals surface area contributed by atoms with Gasteiger partial charge in [0.1, 0.15) is 12.4 Å². The lowest BCUT2D eigenvalue weighted by molar-refractivity contribution is -0.132. The van der Waals surface area contributed by atoms with Crippen LogP contribution in [0.2, 0.25) is 0 Å². The van der Waals surface area contributed by atoms with Crippen molar-refractivity contribution < 1.29 is 18.7 Å². The molecule has 0 radical (unpaired) electrons. The van der Waals surface area contributed by atoms with Crippen molar-refractivity contribution in [3.63, 3.8) is 0 Å². The summed E-state index contributed by atoms with van der Waals surface area (Å²) >= 11 is 0.